The fourth-order valence-corrected chi connectivity index (χ4v) is 0.143. The minimum Gasteiger partial charge on any atom is -0.478 e. The van der Waals surface area contributed by atoms with Crippen molar-refractivity contribution in [3.8, 4) is 0 Å². The molecule has 104 valence electrons. The molecule has 0 fully saturated rings. The van der Waals surface area contributed by atoms with Crippen molar-refractivity contribution in [2.45, 2.75) is 6.92 Å². The predicted octanol–water partition coefficient (Wildman–Crippen LogP) is -0.670. The van der Waals surface area contributed by atoms with Gasteiger partial charge in [-0.3, -0.25) is 0 Å². The molecule has 0 aliphatic rings. The molecular formula is C10H16O8. The lowest BCUT2D eigenvalue weighted by Gasteiger charge is -1.79. The summed E-state index contributed by atoms with van der Waals surface area (Å²) in [6, 6.07) is 0. The van der Waals surface area contributed by atoms with Crippen LogP contribution in [0, 0.1) is 0 Å². The van der Waals surface area contributed by atoms with Crippen molar-refractivity contribution in [1.29, 1.82) is 0 Å². The lowest BCUT2D eigenvalue weighted by Crippen LogP contribution is -1.92. The van der Waals surface area contributed by atoms with Gasteiger partial charge in [-0.15, -0.1) is 0 Å². The Bertz CT molecular complexity index is 275. The van der Waals surface area contributed by atoms with Gasteiger partial charge in [-0.25, -0.2) is 14.4 Å². The number of carboxylic acids is 3. The van der Waals surface area contributed by atoms with Crippen molar-refractivity contribution in [2.24, 2.45) is 0 Å². The number of hydrogen-bond donors (Lipinski definition) is 5. The molecule has 8 heteroatoms. The third-order valence-electron chi connectivity index (χ3n) is 0.834. The molecule has 0 unspecified atom stereocenters. The molecule has 18 heavy (non-hydrogen) atoms. The normalized spacial score (nSPS) is 8.39. The van der Waals surface area contributed by atoms with E-state index in [9.17, 15) is 14.4 Å². The van der Waals surface area contributed by atoms with Gasteiger partial charge in [0, 0.05) is 17.7 Å². The van der Waals surface area contributed by atoms with E-state index in [1.165, 1.54) is 6.92 Å². The molecule has 0 rings (SSSR count). The molecule has 0 aromatic rings. The summed E-state index contributed by atoms with van der Waals surface area (Å²) in [5.41, 5.74) is 0.176. The highest BCUT2D eigenvalue weighted by molar-refractivity contribution is 5.89. The smallest absolute Gasteiger partial charge is 0.330 e. The monoisotopic (exact) mass is 264 g/mol. The second kappa shape index (κ2) is 14.8. The molecule has 0 atom stereocenters. The van der Waals surface area contributed by atoms with E-state index in [0.717, 1.165) is 0 Å². The highest BCUT2D eigenvalue weighted by atomic mass is 16.4. The molecule has 0 bridgehead atoms. The van der Waals surface area contributed by atoms with E-state index < -0.39 is 17.9 Å². The van der Waals surface area contributed by atoms with Crippen molar-refractivity contribution >= 4 is 17.9 Å². The van der Waals surface area contributed by atoms with Crippen LogP contribution in [0.3, 0.4) is 0 Å². The van der Waals surface area contributed by atoms with Crippen LogP contribution in [0.4, 0.5) is 0 Å². The molecule has 0 radical (unpaired) electrons. The van der Waals surface area contributed by atoms with E-state index in [4.69, 9.17) is 25.5 Å². The van der Waals surface area contributed by atoms with Crippen LogP contribution in [0.5, 0.6) is 0 Å². The number of aliphatic hydroxyl groups excluding tert-OH is 2. The lowest BCUT2D eigenvalue weighted by molar-refractivity contribution is -0.134. The highest BCUT2D eigenvalue weighted by Gasteiger charge is 1.90. The summed E-state index contributed by atoms with van der Waals surface area (Å²) in [5, 5.41) is 38.8. The maximum atomic E-state index is 9.60. The van der Waals surface area contributed by atoms with Crippen molar-refractivity contribution in [2.75, 3.05) is 13.2 Å². The van der Waals surface area contributed by atoms with Crippen molar-refractivity contribution in [3.63, 3.8) is 0 Å². The standard InChI is InChI=1S/C4H4O4.C4H6O2.C2H6O2/c5-3(6)1-2-4(7)8;1-3(2)4(5)6;3-1-2-4/h1-2H,(H,5,6)(H,7,8);1H2,2H3,(H,5,6);3-4H,1-2H2/b2-1-;;. The molecule has 0 aliphatic heterocycles. The predicted molar refractivity (Wildman–Crippen MR) is 61.0 cm³/mol. The fourth-order valence-electron chi connectivity index (χ4n) is 0.143. The van der Waals surface area contributed by atoms with Gasteiger partial charge < -0.3 is 25.5 Å². The van der Waals surface area contributed by atoms with E-state index in [-0.39, 0.29) is 18.8 Å². The third-order valence-corrected chi connectivity index (χ3v) is 0.834. The van der Waals surface area contributed by atoms with Gasteiger partial charge in [0.1, 0.15) is 0 Å². The van der Waals surface area contributed by atoms with Crippen LogP contribution >= 0.6 is 0 Å². The minimum atomic E-state index is -1.26. The Hall–Kier alpha value is -2.19. The van der Waals surface area contributed by atoms with Crippen LogP contribution in [0.25, 0.3) is 0 Å². The summed E-state index contributed by atoms with van der Waals surface area (Å²) >= 11 is 0. The number of rotatable bonds is 4. The average Bonchev–Trinajstić information content (AvgIpc) is 2.27. The lowest BCUT2D eigenvalue weighted by atomic mass is 10.4. The zero-order valence-corrected chi connectivity index (χ0v) is 9.74. The maximum absolute atomic E-state index is 9.60. The summed E-state index contributed by atoms with van der Waals surface area (Å²) in [6.45, 7) is 4.35. The molecule has 0 saturated carbocycles. The van der Waals surface area contributed by atoms with E-state index >= 15 is 0 Å². The van der Waals surface area contributed by atoms with Crippen LogP contribution in [0.15, 0.2) is 24.3 Å². The second-order valence-electron chi connectivity index (χ2n) is 2.54. The van der Waals surface area contributed by atoms with Gasteiger partial charge in [0.2, 0.25) is 0 Å². The quantitative estimate of drug-likeness (QED) is 0.419. The van der Waals surface area contributed by atoms with E-state index in [0.29, 0.717) is 12.2 Å². The van der Waals surface area contributed by atoms with Gasteiger partial charge in [-0.2, -0.15) is 0 Å². The Labute approximate surface area is 103 Å². The minimum absolute atomic E-state index is 0.125. The first kappa shape index (κ1) is 21.1. The van der Waals surface area contributed by atoms with E-state index in [1.807, 2.05) is 0 Å². The molecule has 0 saturated heterocycles. The van der Waals surface area contributed by atoms with E-state index in [1.54, 1.807) is 0 Å². The van der Waals surface area contributed by atoms with E-state index in [2.05, 4.69) is 6.58 Å². The largest absolute Gasteiger partial charge is 0.478 e. The second-order valence-corrected chi connectivity index (χ2v) is 2.54. The first-order chi connectivity index (χ1) is 8.18. The Morgan fingerprint density at radius 3 is 1.22 bits per heavy atom. The van der Waals surface area contributed by atoms with Gasteiger partial charge in [-0.05, 0) is 6.92 Å². The number of carboxylic acid groups (broad SMARTS) is 3. The molecule has 8 nitrogen and oxygen atoms in total. The maximum Gasteiger partial charge on any atom is 0.330 e. The molecule has 5 N–H and O–H groups in total. The summed E-state index contributed by atoms with van der Waals surface area (Å²) in [6.07, 6.45) is 1.12. The summed E-state index contributed by atoms with van der Waals surface area (Å²) < 4.78 is 0. The molecule has 0 heterocycles. The van der Waals surface area contributed by atoms with Crippen LogP contribution in [-0.4, -0.2) is 56.7 Å². The topological polar surface area (TPSA) is 152 Å². The summed E-state index contributed by atoms with van der Waals surface area (Å²) in [4.78, 5) is 28.7. The number of aliphatic hydroxyl groups is 2. The molecular weight excluding hydrogens is 248 g/mol. The molecule has 0 amide bonds. The van der Waals surface area contributed by atoms with Crippen LogP contribution in [-0.2, 0) is 14.4 Å². The van der Waals surface area contributed by atoms with Gasteiger partial charge in [0.15, 0.2) is 0 Å². The highest BCUT2D eigenvalue weighted by Crippen LogP contribution is 1.81. The van der Waals surface area contributed by atoms with Crippen LogP contribution in [0.1, 0.15) is 6.92 Å². The first-order valence-corrected chi connectivity index (χ1v) is 4.43. The SMILES string of the molecule is C=C(C)C(=O)O.O=C(O)/C=C\C(=O)O.OCCO. The molecule has 0 spiro atoms. The molecule has 0 aromatic carbocycles. The Balaban J connectivity index is -0.000000200. The van der Waals surface area contributed by atoms with Gasteiger partial charge >= 0.3 is 17.9 Å². The Morgan fingerprint density at radius 2 is 1.17 bits per heavy atom. The average molecular weight is 264 g/mol. The number of carbonyl (C=O) groups is 3. The summed E-state index contributed by atoms with van der Waals surface area (Å²) in [5.74, 6) is -3.45. The van der Waals surface area contributed by atoms with Crippen LogP contribution in [0.2, 0.25) is 0 Å². The number of aliphatic carboxylic acids is 3. The summed E-state index contributed by atoms with van der Waals surface area (Å²) in [7, 11) is 0. The zero-order valence-electron chi connectivity index (χ0n) is 9.74. The van der Waals surface area contributed by atoms with Crippen molar-refractivity contribution < 1.29 is 39.9 Å². The zero-order chi connectivity index (χ0) is 15.1. The Morgan fingerprint density at radius 1 is 0.944 bits per heavy atom. The van der Waals surface area contributed by atoms with Crippen molar-refractivity contribution in [3.05, 3.63) is 24.3 Å². The molecule has 0 aliphatic carbocycles. The van der Waals surface area contributed by atoms with Crippen LogP contribution < -0.4 is 0 Å². The third kappa shape index (κ3) is 37.2. The first-order valence-electron chi connectivity index (χ1n) is 4.43. The number of hydrogen-bond acceptors (Lipinski definition) is 5. The van der Waals surface area contributed by atoms with Gasteiger partial charge in [0.05, 0.1) is 13.2 Å². The molecule has 0 aromatic heterocycles. The van der Waals surface area contributed by atoms with Gasteiger partial charge in [0.25, 0.3) is 0 Å². The fraction of sp³-hybridized carbons (Fsp3) is 0.300. The van der Waals surface area contributed by atoms with Gasteiger partial charge in [-0.1, -0.05) is 6.58 Å². The Kier molecular flexibility index (Phi) is 17.4. The van der Waals surface area contributed by atoms with Crippen molar-refractivity contribution in [1.82, 2.24) is 0 Å².